The van der Waals surface area contributed by atoms with Gasteiger partial charge in [0, 0.05) is 23.2 Å². The highest BCUT2D eigenvalue weighted by molar-refractivity contribution is 6.01. The number of methoxy groups -OCH3 is 1. The topological polar surface area (TPSA) is 82.2 Å². The third-order valence-electron chi connectivity index (χ3n) is 9.51. The summed E-state index contributed by atoms with van der Waals surface area (Å²) >= 11 is 0. The Hall–Kier alpha value is -2.02. The minimum absolute atomic E-state index is 0.0948. The predicted octanol–water partition coefficient (Wildman–Crippen LogP) is 3.48. The molecule has 0 bridgehead atoms. The molecule has 7 heteroatoms. The fourth-order valence-corrected chi connectivity index (χ4v) is 8.06. The van der Waals surface area contributed by atoms with E-state index in [1.54, 1.807) is 6.92 Å². The Morgan fingerprint density at radius 3 is 2.62 bits per heavy atom. The molecule has 1 aliphatic heterocycles. The van der Waals surface area contributed by atoms with E-state index in [1.807, 2.05) is 26.8 Å². The second kappa shape index (κ2) is 6.52. The number of carbonyl (C=O) groups is 3. The third-order valence-corrected chi connectivity index (χ3v) is 9.51. The van der Waals surface area contributed by atoms with Gasteiger partial charge in [-0.25, -0.2) is 9.18 Å². The van der Waals surface area contributed by atoms with Gasteiger partial charge in [0.1, 0.15) is 11.8 Å². The van der Waals surface area contributed by atoms with Crippen molar-refractivity contribution in [3.05, 3.63) is 23.8 Å². The number of hydrogen-bond donors (Lipinski definition) is 0. The highest BCUT2D eigenvalue weighted by Gasteiger charge is 2.84. The van der Waals surface area contributed by atoms with Crippen molar-refractivity contribution in [2.24, 2.45) is 28.6 Å². The molecule has 4 fully saturated rings. The monoisotopic (exact) mass is 446 g/mol. The average molecular weight is 447 g/mol. The summed E-state index contributed by atoms with van der Waals surface area (Å²) in [6.07, 6.45) is 4.76. The van der Waals surface area contributed by atoms with Crippen molar-refractivity contribution in [1.82, 2.24) is 0 Å². The summed E-state index contributed by atoms with van der Waals surface area (Å²) in [7, 11) is 1.31. The van der Waals surface area contributed by atoms with Gasteiger partial charge in [0.25, 0.3) is 0 Å². The summed E-state index contributed by atoms with van der Waals surface area (Å²) in [5.41, 5.74) is -3.00. The lowest BCUT2D eigenvalue weighted by Gasteiger charge is -2.56. The lowest BCUT2D eigenvalue weighted by atomic mass is 9.46. The van der Waals surface area contributed by atoms with E-state index in [4.69, 9.17) is 14.2 Å². The van der Waals surface area contributed by atoms with Crippen LogP contribution >= 0.6 is 0 Å². The Morgan fingerprint density at radius 2 is 1.97 bits per heavy atom. The van der Waals surface area contributed by atoms with Crippen LogP contribution in [0.25, 0.3) is 0 Å². The van der Waals surface area contributed by atoms with Crippen LogP contribution in [0.4, 0.5) is 4.39 Å². The van der Waals surface area contributed by atoms with Crippen molar-refractivity contribution in [2.75, 3.05) is 7.11 Å². The Bertz CT molecular complexity index is 971. The molecular weight excluding hydrogens is 415 g/mol. The van der Waals surface area contributed by atoms with E-state index in [9.17, 15) is 14.4 Å². The van der Waals surface area contributed by atoms with Gasteiger partial charge in [0.15, 0.2) is 5.78 Å². The lowest BCUT2D eigenvalue weighted by molar-refractivity contribution is -0.207. The smallest absolute Gasteiger partial charge is 0.351 e. The number of ketones is 1. The maximum absolute atomic E-state index is 15.6. The van der Waals surface area contributed by atoms with Crippen molar-refractivity contribution < 1.29 is 33.0 Å². The van der Waals surface area contributed by atoms with Crippen molar-refractivity contribution >= 4 is 17.7 Å². The zero-order valence-corrected chi connectivity index (χ0v) is 19.3. The molecule has 0 aromatic carbocycles. The SMILES string of the molecule is CCC(=O)O[C@]1(C(=O)OC)[C@@H](C)C[C@H]2[C@@H]3C[C@H](F)C4=CC(=O)C=C[C@]4(C)[C@@]34O[C@H]4C[C@@]21C. The van der Waals surface area contributed by atoms with Crippen LogP contribution in [-0.4, -0.2) is 48.3 Å². The summed E-state index contributed by atoms with van der Waals surface area (Å²) in [5.74, 6) is -1.74. The average Bonchev–Trinajstić information content (AvgIpc) is 3.43. The second-order valence-electron chi connectivity index (χ2n) is 10.7. The Labute approximate surface area is 187 Å². The number of epoxide rings is 1. The fraction of sp³-hybridized carbons (Fsp3) is 0.720. The van der Waals surface area contributed by atoms with Crippen molar-refractivity contribution in [3.8, 4) is 0 Å². The normalized spacial score (nSPS) is 50.4. The van der Waals surface area contributed by atoms with E-state index in [2.05, 4.69) is 0 Å². The van der Waals surface area contributed by atoms with Crippen molar-refractivity contribution in [1.29, 1.82) is 0 Å². The summed E-state index contributed by atoms with van der Waals surface area (Å²) in [6, 6.07) is 0. The first-order valence-electron chi connectivity index (χ1n) is 11.6. The molecule has 5 aliphatic rings. The van der Waals surface area contributed by atoms with Crippen LogP contribution in [0.2, 0.25) is 0 Å². The van der Waals surface area contributed by atoms with Gasteiger partial charge in [-0.15, -0.1) is 0 Å². The van der Waals surface area contributed by atoms with E-state index in [0.717, 1.165) is 0 Å². The first-order valence-corrected chi connectivity index (χ1v) is 11.6. The molecule has 1 saturated heterocycles. The predicted molar refractivity (Wildman–Crippen MR) is 112 cm³/mol. The maximum Gasteiger partial charge on any atom is 0.351 e. The molecule has 3 saturated carbocycles. The van der Waals surface area contributed by atoms with E-state index in [1.165, 1.54) is 19.3 Å². The zero-order valence-electron chi connectivity index (χ0n) is 19.3. The number of fused-ring (bicyclic) bond motifs is 3. The molecule has 0 amide bonds. The van der Waals surface area contributed by atoms with Gasteiger partial charge < -0.3 is 14.2 Å². The standard InChI is InChI=1S/C25H31FO6/c1-6-20(28)32-24(21(29)30-5)13(2)9-15-16-11-18(26)17-10-14(27)7-8-22(17,3)25(16)19(31-25)12-23(15,24)4/h7-8,10,13,15-16,18-19H,6,9,11-12H2,1-5H3/t13-,15-,16-,18-,19-,22-,23-,24-,25+/m0/s1. The second-order valence-corrected chi connectivity index (χ2v) is 10.7. The molecule has 0 N–H and O–H groups in total. The minimum atomic E-state index is -1.43. The van der Waals surface area contributed by atoms with Gasteiger partial charge in [-0.05, 0) is 55.7 Å². The van der Waals surface area contributed by atoms with Gasteiger partial charge in [0.05, 0.1) is 13.2 Å². The van der Waals surface area contributed by atoms with Crippen molar-refractivity contribution in [3.63, 3.8) is 0 Å². The largest absolute Gasteiger partial charge is 0.466 e. The minimum Gasteiger partial charge on any atom is -0.466 e. The molecule has 0 aromatic rings. The van der Waals surface area contributed by atoms with Gasteiger partial charge in [-0.1, -0.05) is 26.8 Å². The number of halogens is 1. The summed E-state index contributed by atoms with van der Waals surface area (Å²) in [5, 5.41) is 0. The molecule has 32 heavy (non-hydrogen) atoms. The van der Waals surface area contributed by atoms with Gasteiger partial charge >= 0.3 is 11.9 Å². The number of carbonyl (C=O) groups excluding carboxylic acids is 3. The van der Waals surface area contributed by atoms with Gasteiger partial charge in [-0.2, -0.15) is 0 Å². The van der Waals surface area contributed by atoms with E-state index in [-0.39, 0.29) is 42.5 Å². The molecule has 0 radical (unpaired) electrons. The van der Waals surface area contributed by atoms with E-state index in [0.29, 0.717) is 18.4 Å². The molecule has 4 aliphatic carbocycles. The number of rotatable bonds is 3. The van der Waals surface area contributed by atoms with Gasteiger partial charge in [0.2, 0.25) is 5.60 Å². The molecule has 0 aromatic heterocycles. The van der Waals surface area contributed by atoms with Gasteiger partial charge in [-0.3, -0.25) is 9.59 Å². The lowest BCUT2D eigenvalue weighted by Crippen LogP contribution is -2.64. The molecule has 1 heterocycles. The van der Waals surface area contributed by atoms with Crippen LogP contribution in [0, 0.1) is 28.6 Å². The maximum atomic E-state index is 15.6. The van der Waals surface area contributed by atoms with Crippen LogP contribution in [0.1, 0.15) is 53.4 Å². The Balaban J connectivity index is 1.62. The molecule has 6 nitrogen and oxygen atoms in total. The molecule has 0 unspecified atom stereocenters. The number of alkyl halides is 1. The molecule has 9 atom stereocenters. The summed E-state index contributed by atoms with van der Waals surface area (Å²) in [6.45, 7) is 7.56. The zero-order chi connectivity index (χ0) is 23.3. The third kappa shape index (κ3) is 2.26. The number of hydrogen-bond acceptors (Lipinski definition) is 6. The van der Waals surface area contributed by atoms with Crippen LogP contribution in [-0.2, 0) is 28.6 Å². The summed E-state index contributed by atoms with van der Waals surface area (Å²) in [4.78, 5) is 37.8. The molecule has 5 rings (SSSR count). The highest BCUT2D eigenvalue weighted by Crippen LogP contribution is 2.77. The van der Waals surface area contributed by atoms with Crippen LogP contribution in [0.15, 0.2) is 23.8 Å². The Kier molecular flexibility index (Phi) is 4.44. The van der Waals surface area contributed by atoms with E-state index < -0.39 is 40.1 Å². The van der Waals surface area contributed by atoms with Crippen molar-refractivity contribution in [2.45, 2.75) is 76.9 Å². The molecule has 174 valence electrons. The first-order chi connectivity index (χ1) is 15.0. The highest BCUT2D eigenvalue weighted by atomic mass is 19.1. The van der Waals surface area contributed by atoms with Crippen LogP contribution in [0.5, 0.6) is 0 Å². The fourth-order valence-electron chi connectivity index (χ4n) is 8.06. The molecule has 1 spiro atoms. The molecular formula is C25H31FO6. The number of allylic oxidation sites excluding steroid dienone is 2. The summed E-state index contributed by atoms with van der Waals surface area (Å²) < 4.78 is 33.2. The van der Waals surface area contributed by atoms with Crippen LogP contribution < -0.4 is 0 Å². The quantitative estimate of drug-likeness (QED) is 0.488. The van der Waals surface area contributed by atoms with E-state index >= 15 is 4.39 Å². The van der Waals surface area contributed by atoms with Crippen LogP contribution in [0.3, 0.4) is 0 Å². The number of esters is 2. The number of ether oxygens (including phenoxy) is 3. The first kappa shape index (κ1) is 21.8. The Morgan fingerprint density at radius 1 is 1.25 bits per heavy atom.